The van der Waals surface area contributed by atoms with Gasteiger partial charge in [0.05, 0.1) is 5.69 Å². The molecule has 1 aliphatic rings. The molecule has 1 aliphatic carbocycles. The van der Waals surface area contributed by atoms with Crippen molar-refractivity contribution in [3.63, 3.8) is 0 Å². The van der Waals surface area contributed by atoms with E-state index < -0.39 is 0 Å². The number of oxazole rings is 1. The van der Waals surface area contributed by atoms with Gasteiger partial charge in [-0.25, -0.2) is 4.98 Å². The summed E-state index contributed by atoms with van der Waals surface area (Å²) >= 11 is 0. The number of fused-ring (bicyclic) bond motifs is 6. The largest absolute Gasteiger partial charge is 0.435 e. The van der Waals surface area contributed by atoms with E-state index >= 15 is 0 Å². The summed E-state index contributed by atoms with van der Waals surface area (Å²) in [5, 5.41) is 2.18. The highest BCUT2D eigenvalue weighted by molar-refractivity contribution is 6.05. The summed E-state index contributed by atoms with van der Waals surface area (Å²) in [5.41, 5.74) is 16.0. The molecule has 0 spiro atoms. The quantitative estimate of drug-likeness (QED) is 0.175. The maximum absolute atomic E-state index is 6.32. The van der Waals surface area contributed by atoms with E-state index in [2.05, 4.69) is 170 Å². The molecular weight excluding hydrogens is 645 g/mol. The molecular formula is C50H36N2O. The first-order chi connectivity index (χ1) is 26.0. The second-order valence-electron chi connectivity index (χ2n) is 14.4. The lowest BCUT2D eigenvalue weighted by atomic mass is 9.82. The van der Waals surface area contributed by atoms with E-state index in [1.54, 1.807) is 0 Å². The molecule has 0 aliphatic heterocycles. The van der Waals surface area contributed by atoms with Crippen LogP contribution in [0.15, 0.2) is 186 Å². The Labute approximate surface area is 309 Å². The van der Waals surface area contributed by atoms with Crippen LogP contribution in [0.2, 0.25) is 0 Å². The van der Waals surface area contributed by atoms with Crippen molar-refractivity contribution in [1.29, 1.82) is 0 Å². The molecule has 0 radical (unpaired) electrons. The van der Waals surface area contributed by atoms with Gasteiger partial charge in [0.1, 0.15) is 5.52 Å². The maximum Gasteiger partial charge on any atom is 0.227 e. The van der Waals surface area contributed by atoms with Gasteiger partial charge in [0, 0.05) is 33.3 Å². The Hall–Kier alpha value is -6.71. The first-order valence-electron chi connectivity index (χ1n) is 18.2. The van der Waals surface area contributed by atoms with Crippen molar-refractivity contribution in [2.75, 3.05) is 4.90 Å². The lowest BCUT2D eigenvalue weighted by Crippen LogP contribution is -2.16. The number of hydrogen-bond acceptors (Lipinski definition) is 3. The van der Waals surface area contributed by atoms with Gasteiger partial charge in [0.2, 0.25) is 5.89 Å². The van der Waals surface area contributed by atoms with Crippen LogP contribution in [0.3, 0.4) is 0 Å². The van der Waals surface area contributed by atoms with Crippen molar-refractivity contribution in [3.05, 3.63) is 193 Å². The minimum absolute atomic E-state index is 0.104. The molecule has 0 bridgehead atoms. The van der Waals surface area contributed by atoms with Crippen LogP contribution in [0.1, 0.15) is 25.0 Å². The summed E-state index contributed by atoms with van der Waals surface area (Å²) in [6.45, 7) is 4.69. The summed E-state index contributed by atoms with van der Waals surface area (Å²) in [7, 11) is 0. The second kappa shape index (κ2) is 12.2. The molecule has 0 unspecified atom stereocenters. The third-order valence-corrected chi connectivity index (χ3v) is 10.9. The van der Waals surface area contributed by atoms with Crippen LogP contribution in [0.4, 0.5) is 17.1 Å². The van der Waals surface area contributed by atoms with E-state index in [-0.39, 0.29) is 5.41 Å². The summed E-state index contributed by atoms with van der Waals surface area (Å²) in [6, 6.07) is 65.1. The average molecular weight is 681 g/mol. The molecule has 0 N–H and O–H groups in total. The van der Waals surface area contributed by atoms with Gasteiger partial charge in [-0.05, 0) is 105 Å². The van der Waals surface area contributed by atoms with Gasteiger partial charge in [-0.15, -0.1) is 0 Å². The molecule has 0 saturated carbocycles. The van der Waals surface area contributed by atoms with Gasteiger partial charge in [-0.2, -0.15) is 0 Å². The fourth-order valence-electron chi connectivity index (χ4n) is 8.19. The fourth-order valence-corrected chi connectivity index (χ4v) is 8.19. The van der Waals surface area contributed by atoms with Crippen molar-refractivity contribution < 1.29 is 4.42 Å². The zero-order valence-electron chi connectivity index (χ0n) is 29.6. The number of rotatable bonds is 6. The van der Waals surface area contributed by atoms with Crippen LogP contribution >= 0.6 is 0 Å². The molecule has 53 heavy (non-hydrogen) atoms. The molecule has 0 amide bonds. The highest BCUT2D eigenvalue weighted by Crippen LogP contribution is 2.51. The van der Waals surface area contributed by atoms with Crippen molar-refractivity contribution in [1.82, 2.24) is 4.98 Å². The first-order valence-corrected chi connectivity index (χ1v) is 18.2. The van der Waals surface area contributed by atoms with Gasteiger partial charge in [-0.3, -0.25) is 0 Å². The molecule has 8 aromatic carbocycles. The van der Waals surface area contributed by atoms with E-state index in [9.17, 15) is 0 Å². The predicted molar refractivity (Wildman–Crippen MR) is 220 cm³/mol. The normalized spacial score (nSPS) is 12.9. The predicted octanol–water partition coefficient (Wildman–Crippen LogP) is 13.8. The second-order valence-corrected chi connectivity index (χ2v) is 14.4. The Morgan fingerprint density at radius 2 is 1.11 bits per heavy atom. The number of anilines is 3. The van der Waals surface area contributed by atoms with Gasteiger partial charge in [0.25, 0.3) is 0 Å². The molecule has 1 heterocycles. The van der Waals surface area contributed by atoms with Crippen LogP contribution in [-0.4, -0.2) is 4.98 Å². The first kappa shape index (κ1) is 31.1. The van der Waals surface area contributed by atoms with Gasteiger partial charge < -0.3 is 9.32 Å². The van der Waals surface area contributed by atoms with Crippen molar-refractivity contribution >= 4 is 38.9 Å². The highest BCUT2D eigenvalue weighted by atomic mass is 16.3. The third kappa shape index (κ3) is 5.16. The molecule has 0 saturated heterocycles. The van der Waals surface area contributed by atoms with Gasteiger partial charge >= 0.3 is 0 Å². The van der Waals surface area contributed by atoms with E-state index in [0.717, 1.165) is 55.6 Å². The molecule has 10 rings (SSSR count). The molecule has 0 fully saturated rings. The summed E-state index contributed by atoms with van der Waals surface area (Å²) in [5.74, 6) is 0.641. The molecule has 3 nitrogen and oxygen atoms in total. The van der Waals surface area contributed by atoms with Crippen LogP contribution in [0.25, 0.3) is 66.7 Å². The average Bonchev–Trinajstić information content (AvgIpc) is 3.76. The molecule has 252 valence electrons. The number of nitrogens with zero attached hydrogens (tertiary/aromatic N) is 2. The monoisotopic (exact) mass is 680 g/mol. The SMILES string of the molecule is CC1(C)c2ccccc2-c2ccc(N(c3ccc(-c4ccc5c(ccc6nc(-c7ccccc7)oc65)c4)cc3)c3ccccc3-c3ccccc3)cc21. The summed E-state index contributed by atoms with van der Waals surface area (Å²) in [6.07, 6.45) is 0. The summed E-state index contributed by atoms with van der Waals surface area (Å²) < 4.78 is 6.32. The van der Waals surface area contributed by atoms with Crippen LogP contribution in [0, 0.1) is 0 Å². The Morgan fingerprint density at radius 3 is 1.91 bits per heavy atom. The molecule has 3 heteroatoms. The highest BCUT2D eigenvalue weighted by Gasteiger charge is 2.35. The fraction of sp³-hybridized carbons (Fsp3) is 0.0600. The zero-order valence-corrected chi connectivity index (χ0v) is 29.6. The number of aromatic nitrogens is 1. The minimum Gasteiger partial charge on any atom is -0.435 e. The number of para-hydroxylation sites is 1. The van der Waals surface area contributed by atoms with Gasteiger partial charge in [-0.1, -0.05) is 135 Å². The number of benzene rings is 8. The Balaban J connectivity index is 1.07. The van der Waals surface area contributed by atoms with Crippen LogP contribution in [0.5, 0.6) is 0 Å². The van der Waals surface area contributed by atoms with Gasteiger partial charge in [0.15, 0.2) is 5.58 Å². The molecule has 0 atom stereocenters. The molecule has 9 aromatic rings. The summed E-state index contributed by atoms with van der Waals surface area (Å²) in [4.78, 5) is 7.19. The van der Waals surface area contributed by atoms with E-state index in [1.165, 1.54) is 33.4 Å². The van der Waals surface area contributed by atoms with Crippen LogP contribution < -0.4 is 4.90 Å². The van der Waals surface area contributed by atoms with Crippen molar-refractivity contribution in [2.45, 2.75) is 19.3 Å². The maximum atomic E-state index is 6.32. The Morgan fingerprint density at radius 1 is 0.472 bits per heavy atom. The van der Waals surface area contributed by atoms with E-state index in [4.69, 9.17) is 9.40 Å². The standard InChI is InChI=1S/C50H36N2O/c1-50(2)44-19-11-9-18-42(44)43-29-27-39(32-45(43)50)52(47-20-12-10-17-40(47)34-13-5-3-6-14-34)38-25-21-33(22-26-38)36-23-28-41-37(31-36)24-30-46-48(41)53-49(51-46)35-15-7-4-8-16-35/h3-32H,1-2H3. The van der Waals surface area contributed by atoms with E-state index in [1.807, 2.05) is 30.3 Å². The van der Waals surface area contributed by atoms with Crippen molar-refractivity contribution in [2.24, 2.45) is 0 Å². The molecule has 1 aromatic heterocycles. The number of hydrogen-bond donors (Lipinski definition) is 0. The Bertz CT molecular complexity index is 2800. The smallest absolute Gasteiger partial charge is 0.227 e. The Kier molecular flexibility index (Phi) is 7.16. The zero-order chi connectivity index (χ0) is 35.5. The lowest BCUT2D eigenvalue weighted by Gasteiger charge is -2.30. The van der Waals surface area contributed by atoms with Crippen LogP contribution in [-0.2, 0) is 5.41 Å². The minimum atomic E-state index is -0.104. The lowest BCUT2D eigenvalue weighted by molar-refractivity contribution is 0.623. The van der Waals surface area contributed by atoms with Crippen molar-refractivity contribution in [3.8, 4) is 44.8 Å². The van der Waals surface area contributed by atoms with E-state index in [0.29, 0.717) is 5.89 Å². The topological polar surface area (TPSA) is 29.3 Å². The third-order valence-electron chi connectivity index (χ3n) is 10.9.